The maximum absolute atomic E-state index is 13.7. The lowest BCUT2D eigenvalue weighted by molar-refractivity contribution is -0.143. The van der Waals surface area contributed by atoms with E-state index in [1.807, 2.05) is 0 Å². The summed E-state index contributed by atoms with van der Waals surface area (Å²) in [6, 6.07) is 4.10. The highest BCUT2D eigenvalue weighted by atomic mass is 19.2. The largest absolute Gasteiger partial charge is 0.478 e. The summed E-state index contributed by atoms with van der Waals surface area (Å²) >= 11 is 0. The van der Waals surface area contributed by atoms with E-state index in [2.05, 4.69) is 15.0 Å². The zero-order valence-electron chi connectivity index (χ0n) is 10.5. The van der Waals surface area contributed by atoms with E-state index >= 15 is 0 Å². The number of aromatic nitrogens is 1. The highest BCUT2D eigenvalue weighted by molar-refractivity contribution is 5.80. The topological polar surface area (TPSA) is 74.9 Å². The molecule has 22 heavy (non-hydrogen) atoms. The molecule has 0 radical (unpaired) electrons. The van der Waals surface area contributed by atoms with Gasteiger partial charge in [0.1, 0.15) is 16.4 Å². The van der Waals surface area contributed by atoms with Crippen LogP contribution in [0, 0.1) is 23.3 Å². The Hall–Kier alpha value is -2.84. The fourth-order valence-corrected chi connectivity index (χ4v) is 2.05. The van der Waals surface area contributed by atoms with Crippen molar-refractivity contribution in [2.45, 2.75) is 5.66 Å². The molecule has 0 aliphatic carbocycles. The summed E-state index contributed by atoms with van der Waals surface area (Å²) in [5.41, 5.74) is -2.75. The number of benzene rings is 1. The SMILES string of the molecule is O=C(O)C1(c2ccccn2)N=c2c(F)c(F)c(F)c(F)c2=N1. The number of pyridine rings is 1. The number of rotatable bonds is 2. The van der Waals surface area contributed by atoms with Gasteiger partial charge < -0.3 is 5.11 Å². The Labute approximate surface area is 119 Å². The molecule has 2 aromatic rings. The fraction of sp³-hybridized carbons (Fsp3) is 0.0769. The van der Waals surface area contributed by atoms with E-state index in [0.29, 0.717) is 0 Å². The van der Waals surface area contributed by atoms with Crippen LogP contribution in [0.25, 0.3) is 0 Å². The van der Waals surface area contributed by atoms with Crippen LogP contribution in [0.4, 0.5) is 17.6 Å². The minimum atomic E-state index is -2.49. The predicted octanol–water partition coefficient (Wildman–Crippen LogP) is 0.828. The summed E-state index contributed by atoms with van der Waals surface area (Å²) in [5.74, 6) is -9.48. The Morgan fingerprint density at radius 1 is 0.955 bits per heavy atom. The van der Waals surface area contributed by atoms with Gasteiger partial charge in [0.05, 0.1) is 0 Å². The van der Waals surface area contributed by atoms with Gasteiger partial charge >= 0.3 is 5.97 Å². The van der Waals surface area contributed by atoms with E-state index in [0.717, 1.165) is 0 Å². The lowest BCUT2D eigenvalue weighted by Crippen LogP contribution is -2.32. The molecule has 0 bridgehead atoms. The first-order valence-corrected chi connectivity index (χ1v) is 5.85. The second kappa shape index (κ2) is 4.58. The highest BCUT2D eigenvalue weighted by Crippen LogP contribution is 2.27. The van der Waals surface area contributed by atoms with Crippen LogP contribution >= 0.6 is 0 Å². The first-order chi connectivity index (χ1) is 10.4. The summed E-state index contributed by atoms with van der Waals surface area (Å²) in [4.78, 5) is 22.2. The molecule has 9 heteroatoms. The summed E-state index contributed by atoms with van der Waals surface area (Å²) < 4.78 is 53.9. The lowest BCUT2D eigenvalue weighted by atomic mass is 10.1. The van der Waals surface area contributed by atoms with Gasteiger partial charge in [0, 0.05) is 6.20 Å². The zero-order valence-corrected chi connectivity index (χ0v) is 10.5. The molecule has 0 atom stereocenters. The van der Waals surface area contributed by atoms with E-state index in [9.17, 15) is 27.5 Å². The number of carbonyl (C=O) groups is 1. The van der Waals surface area contributed by atoms with Crippen LogP contribution in [-0.2, 0) is 10.5 Å². The number of carboxylic acids is 1. The van der Waals surface area contributed by atoms with Crippen molar-refractivity contribution in [3.8, 4) is 0 Å². The molecule has 0 unspecified atom stereocenters. The van der Waals surface area contributed by atoms with E-state index in [1.165, 1.54) is 24.4 Å². The summed E-state index contributed by atoms with van der Waals surface area (Å²) in [5, 5.41) is 7.36. The summed E-state index contributed by atoms with van der Waals surface area (Å²) in [7, 11) is 0. The molecular formula is C13H5F4N3O2. The van der Waals surface area contributed by atoms with Crippen molar-refractivity contribution in [3.63, 3.8) is 0 Å². The van der Waals surface area contributed by atoms with Crippen LogP contribution in [0.15, 0.2) is 34.4 Å². The normalized spacial score (nSPS) is 14.9. The van der Waals surface area contributed by atoms with Crippen LogP contribution in [0.3, 0.4) is 0 Å². The minimum Gasteiger partial charge on any atom is -0.478 e. The quantitative estimate of drug-likeness (QED) is 0.507. The van der Waals surface area contributed by atoms with Gasteiger partial charge in [0.15, 0.2) is 23.3 Å². The highest BCUT2D eigenvalue weighted by Gasteiger charge is 2.45. The molecule has 0 amide bonds. The van der Waals surface area contributed by atoms with Gasteiger partial charge in [-0.2, -0.15) is 0 Å². The van der Waals surface area contributed by atoms with Gasteiger partial charge in [-0.3, -0.25) is 4.98 Å². The number of carboxylic acid groups (broad SMARTS) is 1. The zero-order chi connectivity index (χ0) is 16.1. The van der Waals surface area contributed by atoms with Crippen molar-refractivity contribution in [1.29, 1.82) is 0 Å². The van der Waals surface area contributed by atoms with E-state index in [4.69, 9.17) is 0 Å². The van der Waals surface area contributed by atoms with E-state index in [1.54, 1.807) is 0 Å². The van der Waals surface area contributed by atoms with Crippen molar-refractivity contribution >= 4 is 5.97 Å². The van der Waals surface area contributed by atoms with E-state index in [-0.39, 0.29) is 5.69 Å². The van der Waals surface area contributed by atoms with Gasteiger partial charge in [-0.25, -0.2) is 32.3 Å². The number of hydrogen-bond donors (Lipinski definition) is 1. The Morgan fingerprint density at radius 3 is 1.91 bits per heavy atom. The Morgan fingerprint density at radius 2 is 1.50 bits per heavy atom. The predicted molar refractivity (Wildman–Crippen MR) is 62.1 cm³/mol. The third kappa shape index (κ3) is 1.71. The first-order valence-electron chi connectivity index (χ1n) is 5.85. The number of hydrogen-bond acceptors (Lipinski definition) is 4. The van der Waals surface area contributed by atoms with Crippen LogP contribution in [0.1, 0.15) is 5.69 Å². The minimum absolute atomic E-state index is 0.252. The van der Waals surface area contributed by atoms with Crippen LogP contribution < -0.4 is 10.7 Å². The molecule has 1 aromatic heterocycles. The Bertz CT molecular complexity index is 868. The smallest absolute Gasteiger partial charge is 0.361 e. The molecule has 1 N–H and O–H groups in total. The standard InChI is InChI=1S/C13H5F4N3O2/c14-6-7(15)9(17)11-10(8(6)16)19-13(20-11,12(21)22)5-3-1-2-4-18-5/h1-4H,(H,21,22). The molecule has 5 nitrogen and oxygen atoms in total. The maximum Gasteiger partial charge on any atom is 0.361 e. The molecule has 112 valence electrons. The van der Waals surface area contributed by atoms with Crippen LogP contribution in [-0.4, -0.2) is 16.1 Å². The van der Waals surface area contributed by atoms with Crippen molar-refractivity contribution in [2.24, 2.45) is 9.98 Å². The van der Waals surface area contributed by atoms with Gasteiger partial charge in [-0.15, -0.1) is 0 Å². The fourth-order valence-electron chi connectivity index (χ4n) is 2.05. The number of fused-ring (bicyclic) bond motifs is 1. The molecule has 0 spiro atoms. The third-order valence-electron chi connectivity index (χ3n) is 3.09. The number of halogens is 4. The van der Waals surface area contributed by atoms with Gasteiger partial charge in [-0.1, -0.05) is 6.07 Å². The monoisotopic (exact) mass is 311 g/mol. The second-order valence-electron chi connectivity index (χ2n) is 4.37. The van der Waals surface area contributed by atoms with Crippen molar-refractivity contribution in [1.82, 2.24) is 4.98 Å². The number of aliphatic carboxylic acids is 1. The van der Waals surface area contributed by atoms with Crippen molar-refractivity contribution in [3.05, 3.63) is 64.1 Å². The molecule has 3 rings (SSSR count). The molecule has 1 aliphatic heterocycles. The molecule has 0 saturated carbocycles. The van der Waals surface area contributed by atoms with Crippen molar-refractivity contribution < 1.29 is 27.5 Å². The summed E-state index contributed by atoms with van der Waals surface area (Å²) in [6.45, 7) is 0. The first kappa shape index (κ1) is 14.1. The average molecular weight is 311 g/mol. The average Bonchev–Trinajstić information content (AvgIpc) is 2.94. The third-order valence-corrected chi connectivity index (χ3v) is 3.09. The van der Waals surface area contributed by atoms with Crippen LogP contribution in [0.5, 0.6) is 0 Å². The van der Waals surface area contributed by atoms with Crippen LogP contribution in [0.2, 0.25) is 0 Å². The van der Waals surface area contributed by atoms with Crippen molar-refractivity contribution in [2.75, 3.05) is 0 Å². The Balaban J connectivity index is 2.44. The molecule has 2 heterocycles. The Kier molecular flexibility index (Phi) is 2.94. The second-order valence-corrected chi connectivity index (χ2v) is 4.37. The van der Waals surface area contributed by atoms with E-state index < -0.39 is 45.6 Å². The molecular weight excluding hydrogens is 306 g/mol. The molecule has 0 saturated heterocycles. The lowest BCUT2D eigenvalue weighted by Gasteiger charge is -2.16. The molecule has 0 fully saturated rings. The van der Waals surface area contributed by atoms with Gasteiger partial charge in [0.2, 0.25) is 0 Å². The van der Waals surface area contributed by atoms with Gasteiger partial charge in [-0.05, 0) is 12.1 Å². The molecule has 1 aromatic carbocycles. The molecule has 1 aliphatic rings. The number of nitrogens with zero attached hydrogens (tertiary/aromatic N) is 3. The maximum atomic E-state index is 13.7. The van der Waals surface area contributed by atoms with Gasteiger partial charge in [0.25, 0.3) is 5.66 Å². The summed E-state index contributed by atoms with van der Waals surface area (Å²) in [6.07, 6.45) is 1.22.